The molecule has 0 aliphatic carbocycles. The van der Waals surface area contributed by atoms with E-state index < -0.39 is 5.60 Å². The Kier molecular flexibility index (Phi) is 4.47. The highest BCUT2D eigenvalue weighted by Gasteiger charge is 2.36. The van der Waals surface area contributed by atoms with E-state index >= 15 is 0 Å². The molecule has 1 aromatic carbocycles. The summed E-state index contributed by atoms with van der Waals surface area (Å²) in [5, 5.41) is 3.20. The number of halogens is 1. The number of aromatic nitrogens is 1. The summed E-state index contributed by atoms with van der Waals surface area (Å²) in [4.78, 5) is 16.6. The van der Waals surface area contributed by atoms with Crippen LogP contribution in [0.25, 0.3) is 0 Å². The van der Waals surface area contributed by atoms with E-state index in [1.165, 1.54) is 22.5 Å². The summed E-state index contributed by atoms with van der Waals surface area (Å²) in [6.45, 7) is 3.17. The molecule has 6 heteroatoms. The third-order valence-corrected chi connectivity index (χ3v) is 5.32. The van der Waals surface area contributed by atoms with Gasteiger partial charge in [0.2, 0.25) is 0 Å². The number of rotatable bonds is 4. The van der Waals surface area contributed by atoms with E-state index in [0.717, 1.165) is 12.8 Å². The lowest BCUT2D eigenvalue weighted by molar-refractivity contribution is -0.0606. The van der Waals surface area contributed by atoms with Crippen LogP contribution >= 0.6 is 22.9 Å². The second-order valence-electron chi connectivity index (χ2n) is 5.26. The smallest absolute Gasteiger partial charge is 0.264 e. The Morgan fingerprint density at radius 1 is 1.50 bits per heavy atom. The summed E-state index contributed by atoms with van der Waals surface area (Å²) >= 11 is 7.15. The van der Waals surface area contributed by atoms with Gasteiger partial charge in [-0.2, -0.15) is 0 Å². The van der Waals surface area contributed by atoms with Crippen molar-refractivity contribution in [3.63, 3.8) is 0 Å². The molecule has 4 nitrogen and oxygen atoms in total. The molecule has 2 aromatic rings. The van der Waals surface area contributed by atoms with Gasteiger partial charge in [-0.25, -0.2) is 4.98 Å². The predicted molar refractivity (Wildman–Crippen MR) is 87.5 cm³/mol. The standard InChI is InChI=1S/C16H17ClN2O2S/c1-2-16(9-18-15(20)13-14(17)19-10-22-13)12-6-4-3-5-11(12)7-8-21-16/h3-6,10H,2,7-9H2,1H3,(H,18,20). The van der Waals surface area contributed by atoms with Crippen molar-refractivity contribution < 1.29 is 9.53 Å². The van der Waals surface area contributed by atoms with E-state index in [2.05, 4.69) is 29.4 Å². The molecule has 1 unspecified atom stereocenters. The van der Waals surface area contributed by atoms with Gasteiger partial charge in [0.15, 0.2) is 5.15 Å². The summed E-state index contributed by atoms with van der Waals surface area (Å²) in [6, 6.07) is 8.27. The topological polar surface area (TPSA) is 51.2 Å². The third-order valence-electron chi connectivity index (χ3n) is 4.09. The van der Waals surface area contributed by atoms with Gasteiger partial charge in [-0.15, -0.1) is 11.3 Å². The first kappa shape index (κ1) is 15.5. The van der Waals surface area contributed by atoms with Gasteiger partial charge >= 0.3 is 0 Å². The summed E-state index contributed by atoms with van der Waals surface area (Å²) in [5.74, 6) is -0.202. The molecule has 1 atom stereocenters. The van der Waals surface area contributed by atoms with Gasteiger partial charge in [0.25, 0.3) is 5.91 Å². The fourth-order valence-corrected chi connectivity index (χ4v) is 3.78. The Morgan fingerprint density at radius 3 is 3.05 bits per heavy atom. The molecule has 0 saturated carbocycles. The molecule has 0 saturated heterocycles. The number of ether oxygens (including phenoxy) is 1. The summed E-state index contributed by atoms with van der Waals surface area (Å²) in [7, 11) is 0. The van der Waals surface area contributed by atoms with Gasteiger partial charge < -0.3 is 10.1 Å². The Hall–Kier alpha value is -1.43. The van der Waals surface area contributed by atoms with E-state index in [1.807, 2.05) is 12.1 Å². The number of nitrogens with one attached hydrogen (secondary N) is 1. The molecule has 1 amide bonds. The number of nitrogens with zero attached hydrogens (tertiary/aromatic N) is 1. The Bertz CT molecular complexity index is 688. The molecule has 0 radical (unpaired) electrons. The molecular weight excluding hydrogens is 320 g/mol. The minimum atomic E-state index is -0.471. The van der Waals surface area contributed by atoms with Crippen LogP contribution in [0.5, 0.6) is 0 Å². The highest BCUT2D eigenvalue weighted by molar-refractivity contribution is 7.12. The SMILES string of the molecule is CCC1(CNC(=O)c2scnc2Cl)OCCc2ccccc21. The summed E-state index contributed by atoms with van der Waals surface area (Å²) in [6.07, 6.45) is 1.70. The molecule has 22 heavy (non-hydrogen) atoms. The van der Waals surface area contributed by atoms with Crippen LogP contribution in [-0.2, 0) is 16.8 Å². The van der Waals surface area contributed by atoms with Crippen molar-refractivity contribution in [3.05, 3.63) is 50.9 Å². The van der Waals surface area contributed by atoms with Crippen LogP contribution in [0.3, 0.4) is 0 Å². The first-order valence-corrected chi connectivity index (χ1v) is 8.51. The highest BCUT2D eigenvalue weighted by Crippen LogP contribution is 2.35. The van der Waals surface area contributed by atoms with Gasteiger partial charge in [0.1, 0.15) is 10.5 Å². The maximum atomic E-state index is 12.3. The largest absolute Gasteiger partial charge is 0.368 e. The number of fused-ring (bicyclic) bond motifs is 1. The molecule has 116 valence electrons. The quantitative estimate of drug-likeness (QED) is 0.931. The van der Waals surface area contributed by atoms with Crippen molar-refractivity contribution in [2.24, 2.45) is 0 Å². The molecule has 1 N–H and O–H groups in total. The number of thiazole rings is 1. The summed E-state index contributed by atoms with van der Waals surface area (Å²) in [5.41, 5.74) is 3.56. The van der Waals surface area contributed by atoms with Crippen molar-refractivity contribution in [1.82, 2.24) is 10.3 Å². The van der Waals surface area contributed by atoms with Crippen molar-refractivity contribution in [2.45, 2.75) is 25.4 Å². The van der Waals surface area contributed by atoms with E-state index in [-0.39, 0.29) is 11.1 Å². The van der Waals surface area contributed by atoms with Crippen molar-refractivity contribution in [2.75, 3.05) is 13.2 Å². The zero-order valence-electron chi connectivity index (χ0n) is 12.3. The fourth-order valence-electron chi connectivity index (χ4n) is 2.86. The third kappa shape index (κ3) is 2.76. The molecule has 2 heterocycles. The van der Waals surface area contributed by atoms with Crippen LogP contribution in [0.15, 0.2) is 29.8 Å². The van der Waals surface area contributed by atoms with Crippen LogP contribution in [-0.4, -0.2) is 24.0 Å². The van der Waals surface area contributed by atoms with Gasteiger partial charge in [0.05, 0.1) is 18.7 Å². The monoisotopic (exact) mass is 336 g/mol. The number of hydrogen-bond acceptors (Lipinski definition) is 4. The molecule has 3 rings (SSSR count). The second-order valence-corrected chi connectivity index (χ2v) is 6.47. The second kappa shape index (κ2) is 6.36. The van der Waals surface area contributed by atoms with Crippen LogP contribution in [0.4, 0.5) is 0 Å². The zero-order valence-corrected chi connectivity index (χ0v) is 13.8. The Morgan fingerprint density at radius 2 is 2.32 bits per heavy atom. The lowest BCUT2D eigenvalue weighted by Gasteiger charge is -2.38. The molecule has 0 fully saturated rings. The van der Waals surface area contributed by atoms with Crippen LogP contribution < -0.4 is 5.32 Å². The van der Waals surface area contributed by atoms with Crippen LogP contribution in [0.1, 0.15) is 34.1 Å². The van der Waals surface area contributed by atoms with Gasteiger partial charge in [0, 0.05) is 0 Å². The van der Waals surface area contributed by atoms with E-state index in [0.29, 0.717) is 18.0 Å². The van der Waals surface area contributed by atoms with E-state index in [9.17, 15) is 4.79 Å². The zero-order chi connectivity index (χ0) is 15.6. The first-order chi connectivity index (χ1) is 10.7. The maximum Gasteiger partial charge on any atom is 0.264 e. The number of amides is 1. The number of carbonyl (C=O) groups excluding carboxylic acids is 1. The van der Waals surface area contributed by atoms with Crippen molar-refractivity contribution in [1.29, 1.82) is 0 Å². The Labute approximate surface area is 138 Å². The fraction of sp³-hybridized carbons (Fsp3) is 0.375. The predicted octanol–water partition coefficient (Wildman–Crippen LogP) is 3.40. The van der Waals surface area contributed by atoms with Crippen LogP contribution in [0.2, 0.25) is 5.15 Å². The van der Waals surface area contributed by atoms with Gasteiger partial charge in [-0.1, -0.05) is 42.8 Å². The Balaban J connectivity index is 1.81. The molecule has 0 spiro atoms. The van der Waals surface area contributed by atoms with E-state index in [4.69, 9.17) is 16.3 Å². The summed E-state index contributed by atoms with van der Waals surface area (Å²) < 4.78 is 6.08. The highest BCUT2D eigenvalue weighted by atomic mass is 35.5. The van der Waals surface area contributed by atoms with Crippen molar-refractivity contribution in [3.8, 4) is 0 Å². The van der Waals surface area contributed by atoms with Crippen molar-refractivity contribution >= 4 is 28.8 Å². The number of benzene rings is 1. The average Bonchev–Trinajstić information content (AvgIpc) is 2.98. The minimum Gasteiger partial charge on any atom is -0.368 e. The first-order valence-electron chi connectivity index (χ1n) is 7.26. The average molecular weight is 337 g/mol. The van der Waals surface area contributed by atoms with Gasteiger partial charge in [-0.05, 0) is 24.0 Å². The maximum absolute atomic E-state index is 12.3. The number of hydrogen-bond donors (Lipinski definition) is 1. The lowest BCUT2D eigenvalue weighted by atomic mass is 9.84. The normalized spacial score (nSPS) is 20.5. The van der Waals surface area contributed by atoms with E-state index in [1.54, 1.807) is 5.51 Å². The number of carbonyl (C=O) groups is 1. The minimum absolute atomic E-state index is 0.202. The van der Waals surface area contributed by atoms with Crippen LogP contribution in [0, 0.1) is 0 Å². The molecule has 1 aliphatic rings. The van der Waals surface area contributed by atoms with Gasteiger partial charge in [-0.3, -0.25) is 4.79 Å². The lowest BCUT2D eigenvalue weighted by Crippen LogP contribution is -2.45. The molecule has 1 aromatic heterocycles. The molecular formula is C16H17ClN2O2S. The molecule has 0 bridgehead atoms. The molecule has 1 aliphatic heterocycles.